The molecule has 2 rings (SSSR count). The molecule has 0 spiro atoms. The van der Waals surface area contributed by atoms with Gasteiger partial charge >= 0.3 is 0 Å². The lowest BCUT2D eigenvalue weighted by Crippen LogP contribution is -2.20. The Morgan fingerprint density at radius 1 is 1.69 bits per heavy atom. The maximum atomic E-state index is 3.57. The Bertz CT molecular complexity index is 280. The molecule has 0 aliphatic heterocycles. The first-order valence-corrected chi connectivity index (χ1v) is 6.41. The van der Waals surface area contributed by atoms with Crippen molar-refractivity contribution in [3.63, 3.8) is 0 Å². The molecule has 13 heavy (non-hydrogen) atoms. The average molecular weight is 260 g/mol. The quantitative estimate of drug-likeness (QED) is 0.872. The minimum atomic E-state index is 0.495. The van der Waals surface area contributed by atoms with Gasteiger partial charge in [0.1, 0.15) is 0 Å². The number of halogens is 1. The molecule has 1 aromatic rings. The summed E-state index contributed by atoms with van der Waals surface area (Å²) in [5.74, 6) is 0.959. The maximum absolute atomic E-state index is 3.57. The van der Waals surface area contributed by atoms with Gasteiger partial charge in [0.15, 0.2) is 0 Å². The lowest BCUT2D eigenvalue weighted by atomic mass is 10.2. The van der Waals surface area contributed by atoms with E-state index >= 15 is 0 Å². The van der Waals surface area contributed by atoms with Crippen LogP contribution in [0.5, 0.6) is 0 Å². The Morgan fingerprint density at radius 2 is 2.46 bits per heavy atom. The van der Waals surface area contributed by atoms with E-state index in [-0.39, 0.29) is 0 Å². The fraction of sp³-hybridized carbons (Fsp3) is 0.600. The van der Waals surface area contributed by atoms with E-state index in [0.29, 0.717) is 6.04 Å². The molecule has 0 amide bonds. The Balaban J connectivity index is 1.88. The van der Waals surface area contributed by atoms with Crippen molar-refractivity contribution in [2.75, 3.05) is 6.54 Å². The zero-order valence-corrected chi connectivity index (χ0v) is 10.1. The first-order chi connectivity index (χ1) is 6.27. The smallest absolute Gasteiger partial charge is 0.0397 e. The van der Waals surface area contributed by atoms with E-state index in [1.165, 1.54) is 28.7 Å². The number of hydrogen-bond donors (Lipinski definition) is 1. The van der Waals surface area contributed by atoms with Gasteiger partial charge in [-0.1, -0.05) is 0 Å². The molecule has 1 heterocycles. The third kappa shape index (κ3) is 2.55. The third-order valence-electron chi connectivity index (χ3n) is 2.45. The molecule has 1 nitrogen and oxygen atoms in total. The summed E-state index contributed by atoms with van der Waals surface area (Å²) in [5, 5.41) is 5.70. The summed E-state index contributed by atoms with van der Waals surface area (Å²) in [4.78, 5) is 1.42. The Hall–Kier alpha value is 0.140. The molecular formula is C10H14BrNS. The highest BCUT2D eigenvalue weighted by atomic mass is 79.9. The fourth-order valence-electron chi connectivity index (χ4n) is 1.37. The standard InChI is InChI=1S/C10H14BrNS/c1-7(12-6-8-2-3-8)10-9(11)4-5-13-10/h4-5,7-8,12H,2-3,6H2,1H3. The van der Waals surface area contributed by atoms with E-state index in [1.807, 2.05) is 11.3 Å². The van der Waals surface area contributed by atoms with Crippen molar-refractivity contribution in [3.05, 3.63) is 20.8 Å². The van der Waals surface area contributed by atoms with Gasteiger partial charge < -0.3 is 5.32 Å². The number of hydrogen-bond acceptors (Lipinski definition) is 2. The van der Waals surface area contributed by atoms with Gasteiger partial charge in [0, 0.05) is 15.4 Å². The summed E-state index contributed by atoms with van der Waals surface area (Å²) < 4.78 is 1.24. The largest absolute Gasteiger partial charge is 0.309 e. The summed E-state index contributed by atoms with van der Waals surface area (Å²) in [6.07, 6.45) is 2.84. The summed E-state index contributed by atoms with van der Waals surface area (Å²) in [6.45, 7) is 3.42. The van der Waals surface area contributed by atoms with Crippen molar-refractivity contribution in [2.45, 2.75) is 25.8 Å². The van der Waals surface area contributed by atoms with Crippen molar-refractivity contribution in [3.8, 4) is 0 Å². The van der Waals surface area contributed by atoms with Gasteiger partial charge in [-0.3, -0.25) is 0 Å². The van der Waals surface area contributed by atoms with Crippen LogP contribution in [-0.4, -0.2) is 6.54 Å². The highest BCUT2D eigenvalue weighted by Crippen LogP contribution is 2.31. The van der Waals surface area contributed by atoms with Crippen molar-refractivity contribution in [2.24, 2.45) is 5.92 Å². The second kappa shape index (κ2) is 4.11. The van der Waals surface area contributed by atoms with E-state index < -0.39 is 0 Å². The first kappa shape index (κ1) is 9.69. The number of thiophene rings is 1. The van der Waals surface area contributed by atoms with Crippen LogP contribution in [0, 0.1) is 5.92 Å². The average Bonchev–Trinajstić information content (AvgIpc) is 2.84. The molecule has 1 aliphatic rings. The van der Waals surface area contributed by atoms with E-state index in [2.05, 4.69) is 39.6 Å². The van der Waals surface area contributed by atoms with Gasteiger partial charge in [0.2, 0.25) is 0 Å². The first-order valence-electron chi connectivity index (χ1n) is 4.73. The van der Waals surface area contributed by atoms with E-state index in [0.717, 1.165) is 5.92 Å². The van der Waals surface area contributed by atoms with Crippen LogP contribution in [0.4, 0.5) is 0 Å². The summed E-state index contributed by atoms with van der Waals surface area (Å²) in [6, 6.07) is 2.62. The second-order valence-electron chi connectivity index (χ2n) is 3.71. The van der Waals surface area contributed by atoms with Crippen molar-refractivity contribution < 1.29 is 0 Å². The van der Waals surface area contributed by atoms with Crippen LogP contribution in [0.2, 0.25) is 0 Å². The van der Waals surface area contributed by atoms with Crippen molar-refractivity contribution >= 4 is 27.3 Å². The molecule has 1 saturated carbocycles. The lowest BCUT2D eigenvalue weighted by molar-refractivity contribution is 0.554. The summed E-state index contributed by atoms with van der Waals surface area (Å²) >= 11 is 5.38. The number of nitrogens with one attached hydrogen (secondary N) is 1. The van der Waals surface area contributed by atoms with Gasteiger partial charge in [-0.2, -0.15) is 0 Å². The normalized spacial score (nSPS) is 18.9. The highest BCUT2D eigenvalue weighted by molar-refractivity contribution is 9.10. The molecule has 1 N–H and O–H groups in total. The zero-order valence-electron chi connectivity index (χ0n) is 7.72. The van der Waals surface area contributed by atoms with Gasteiger partial charge in [0.05, 0.1) is 0 Å². The van der Waals surface area contributed by atoms with Crippen LogP contribution in [0.25, 0.3) is 0 Å². The Kier molecular flexibility index (Phi) is 3.06. The van der Waals surface area contributed by atoms with Crippen LogP contribution < -0.4 is 5.32 Å². The van der Waals surface area contributed by atoms with Crippen LogP contribution in [0.15, 0.2) is 15.9 Å². The monoisotopic (exact) mass is 259 g/mol. The van der Waals surface area contributed by atoms with Crippen molar-refractivity contribution in [1.82, 2.24) is 5.32 Å². The third-order valence-corrected chi connectivity index (χ3v) is 4.50. The van der Waals surface area contributed by atoms with Crippen LogP contribution in [-0.2, 0) is 0 Å². The minimum absolute atomic E-state index is 0.495. The summed E-state index contributed by atoms with van der Waals surface area (Å²) in [7, 11) is 0. The molecule has 1 unspecified atom stereocenters. The van der Waals surface area contributed by atoms with Crippen LogP contribution in [0.3, 0.4) is 0 Å². The molecule has 1 atom stereocenters. The Labute approximate surface area is 91.7 Å². The maximum Gasteiger partial charge on any atom is 0.0397 e. The SMILES string of the molecule is CC(NCC1CC1)c1sccc1Br. The van der Waals surface area contributed by atoms with Crippen LogP contribution in [0.1, 0.15) is 30.7 Å². The van der Waals surface area contributed by atoms with Gasteiger partial charge in [-0.05, 0) is 59.6 Å². The van der Waals surface area contributed by atoms with Crippen molar-refractivity contribution in [1.29, 1.82) is 0 Å². The molecule has 1 aromatic heterocycles. The molecular weight excluding hydrogens is 246 g/mol. The Morgan fingerprint density at radius 3 is 3.00 bits per heavy atom. The molecule has 72 valence electrons. The molecule has 3 heteroatoms. The molecule has 1 aliphatic carbocycles. The fourth-order valence-corrected chi connectivity index (χ4v) is 3.12. The second-order valence-corrected chi connectivity index (χ2v) is 5.51. The summed E-state index contributed by atoms with van der Waals surface area (Å²) in [5.41, 5.74) is 0. The number of rotatable bonds is 4. The highest BCUT2D eigenvalue weighted by Gasteiger charge is 2.22. The topological polar surface area (TPSA) is 12.0 Å². The van der Waals surface area contributed by atoms with E-state index in [1.54, 1.807) is 0 Å². The molecule has 1 fully saturated rings. The predicted octanol–water partition coefficient (Wildman–Crippen LogP) is 3.57. The van der Waals surface area contributed by atoms with E-state index in [4.69, 9.17) is 0 Å². The molecule has 0 radical (unpaired) electrons. The van der Waals surface area contributed by atoms with Gasteiger partial charge in [0.25, 0.3) is 0 Å². The van der Waals surface area contributed by atoms with Crippen LogP contribution >= 0.6 is 27.3 Å². The predicted molar refractivity (Wildman–Crippen MR) is 61.2 cm³/mol. The lowest BCUT2D eigenvalue weighted by Gasteiger charge is -2.12. The minimum Gasteiger partial charge on any atom is -0.309 e. The molecule has 0 saturated heterocycles. The van der Waals surface area contributed by atoms with E-state index in [9.17, 15) is 0 Å². The van der Waals surface area contributed by atoms with Gasteiger partial charge in [-0.15, -0.1) is 11.3 Å². The molecule has 0 aromatic carbocycles. The van der Waals surface area contributed by atoms with Gasteiger partial charge in [-0.25, -0.2) is 0 Å². The molecule has 0 bridgehead atoms. The zero-order chi connectivity index (χ0) is 9.26.